The number of halogens is 3. The number of fused-ring (bicyclic) bond motifs is 1. The molecule has 0 aliphatic carbocycles. The second kappa shape index (κ2) is 7.07. The van der Waals surface area contributed by atoms with Gasteiger partial charge < -0.3 is 19.5 Å². The number of ether oxygens (including phenoxy) is 1. The predicted octanol–water partition coefficient (Wildman–Crippen LogP) is 3.52. The molecule has 2 heterocycles. The van der Waals surface area contributed by atoms with Crippen LogP contribution in [-0.4, -0.2) is 38.0 Å². The summed E-state index contributed by atoms with van der Waals surface area (Å²) in [6, 6.07) is 5.03. The molecule has 2 N–H and O–H groups in total. The number of phenols is 1. The van der Waals surface area contributed by atoms with Crippen LogP contribution >= 0.6 is 0 Å². The molecule has 0 spiro atoms. The first kappa shape index (κ1) is 19.0. The number of hydrogen-bond acceptors (Lipinski definition) is 5. The van der Waals surface area contributed by atoms with Gasteiger partial charge in [-0.3, -0.25) is 0 Å². The monoisotopic (exact) mass is 381 g/mol. The molecular weight excluding hydrogens is 363 g/mol. The molecule has 0 bridgehead atoms. The van der Waals surface area contributed by atoms with E-state index in [-0.39, 0.29) is 30.2 Å². The van der Waals surface area contributed by atoms with Crippen molar-refractivity contribution in [2.45, 2.75) is 26.6 Å². The SMILES string of the molecule is CCn1c(-c2c(C)cc(C(F)(F)F)cc2O)nc2nc(OCCO)ccc21. The lowest BCUT2D eigenvalue weighted by Gasteiger charge is -2.14. The largest absolute Gasteiger partial charge is 0.507 e. The Morgan fingerprint density at radius 3 is 2.52 bits per heavy atom. The Labute approximate surface area is 152 Å². The van der Waals surface area contributed by atoms with Crippen molar-refractivity contribution in [1.82, 2.24) is 14.5 Å². The lowest BCUT2D eigenvalue weighted by atomic mass is 10.0. The topological polar surface area (TPSA) is 80.4 Å². The smallest absolute Gasteiger partial charge is 0.416 e. The van der Waals surface area contributed by atoms with Gasteiger partial charge in [-0.1, -0.05) is 0 Å². The van der Waals surface area contributed by atoms with Gasteiger partial charge in [-0.25, -0.2) is 4.98 Å². The van der Waals surface area contributed by atoms with Crippen LogP contribution in [0.25, 0.3) is 22.6 Å². The summed E-state index contributed by atoms with van der Waals surface area (Å²) in [5, 5.41) is 19.1. The molecule has 0 unspecified atom stereocenters. The first-order chi connectivity index (χ1) is 12.8. The van der Waals surface area contributed by atoms with E-state index in [1.807, 2.05) is 6.92 Å². The number of alkyl halides is 3. The predicted molar refractivity (Wildman–Crippen MR) is 92.6 cm³/mol. The van der Waals surface area contributed by atoms with E-state index in [1.54, 1.807) is 16.7 Å². The zero-order valence-electron chi connectivity index (χ0n) is 14.7. The Hall–Kier alpha value is -2.81. The zero-order valence-corrected chi connectivity index (χ0v) is 14.7. The van der Waals surface area contributed by atoms with Crippen LogP contribution in [0.5, 0.6) is 11.6 Å². The van der Waals surface area contributed by atoms with Crippen molar-refractivity contribution < 1.29 is 28.1 Å². The van der Waals surface area contributed by atoms with Gasteiger partial charge >= 0.3 is 6.18 Å². The summed E-state index contributed by atoms with van der Waals surface area (Å²) in [5.74, 6) is 0.101. The molecule has 0 atom stereocenters. The Balaban J connectivity index is 2.16. The van der Waals surface area contributed by atoms with Gasteiger partial charge in [-0.05, 0) is 37.6 Å². The molecule has 27 heavy (non-hydrogen) atoms. The van der Waals surface area contributed by atoms with Crippen LogP contribution in [0, 0.1) is 6.92 Å². The van der Waals surface area contributed by atoms with Crippen LogP contribution in [0.1, 0.15) is 18.1 Å². The van der Waals surface area contributed by atoms with Crippen LogP contribution in [-0.2, 0) is 12.7 Å². The molecule has 0 aliphatic rings. The van der Waals surface area contributed by atoms with Gasteiger partial charge in [0.05, 0.1) is 23.3 Å². The van der Waals surface area contributed by atoms with E-state index in [0.29, 0.717) is 29.6 Å². The Kier molecular flexibility index (Phi) is 4.97. The number of benzene rings is 1. The second-order valence-corrected chi connectivity index (χ2v) is 5.93. The van der Waals surface area contributed by atoms with Crippen LogP contribution in [0.4, 0.5) is 13.2 Å². The fraction of sp³-hybridized carbons (Fsp3) is 0.333. The summed E-state index contributed by atoms with van der Waals surface area (Å²) in [6.07, 6.45) is -4.55. The second-order valence-electron chi connectivity index (χ2n) is 5.93. The number of hydrogen-bond donors (Lipinski definition) is 2. The lowest BCUT2D eigenvalue weighted by molar-refractivity contribution is -0.137. The average Bonchev–Trinajstić information content (AvgIpc) is 2.95. The number of phenolic OH excluding ortho intramolecular Hbond substituents is 1. The minimum atomic E-state index is -4.55. The molecule has 0 aliphatic heterocycles. The highest BCUT2D eigenvalue weighted by molar-refractivity contribution is 5.81. The molecule has 0 fully saturated rings. The Morgan fingerprint density at radius 2 is 1.93 bits per heavy atom. The van der Waals surface area contributed by atoms with E-state index < -0.39 is 17.5 Å². The normalized spacial score (nSPS) is 11.9. The number of aryl methyl sites for hydroxylation is 2. The van der Waals surface area contributed by atoms with E-state index in [9.17, 15) is 18.3 Å². The van der Waals surface area contributed by atoms with Crippen molar-refractivity contribution in [2.75, 3.05) is 13.2 Å². The van der Waals surface area contributed by atoms with E-state index in [4.69, 9.17) is 9.84 Å². The number of aliphatic hydroxyl groups is 1. The summed E-state index contributed by atoms with van der Waals surface area (Å²) in [7, 11) is 0. The van der Waals surface area contributed by atoms with Crippen molar-refractivity contribution in [3.63, 3.8) is 0 Å². The fourth-order valence-corrected chi connectivity index (χ4v) is 2.96. The summed E-state index contributed by atoms with van der Waals surface area (Å²) in [4.78, 5) is 8.66. The average molecular weight is 381 g/mol. The van der Waals surface area contributed by atoms with Gasteiger partial charge in [-0.15, -0.1) is 0 Å². The van der Waals surface area contributed by atoms with Crippen LogP contribution < -0.4 is 4.74 Å². The van der Waals surface area contributed by atoms with Crippen LogP contribution in [0.3, 0.4) is 0 Å². The van der Waals surface area contributed by atoms with Gasteiger partial charge in [0.25, 0.3) is 0 Å². The molecule has 0 radical (unpaired) electrons. The van der Waals surface area contributed by atoms with Crippen LogP contribution in [0.15, 0.2) is 24.3 Å². The highest BCUT2D eigenvalue weighted by atomic mass is 19.4. The molecule has 0 amide bonds. The number of aromatic hydroxyl groups is 1. The van der Waals surface area contributed by atoms with Crippen molar-refractivity contribution in [3.8, 4) is 23.0 Å². The third-order valence-corrected chi connectivity index (χ3v) is 4.11. The maximum atomic E-state index is 13.0. The van der Waals surface area contributed by atoms with Gasteiger partial charge in [0.2, 0.25) is 5.88 Å². The van der Waals surface area contributed by atoms with E-state index in [1.165, 1.54) is 6.92 Å². The molecule has 144 valence electrons. The summed E-state index contributed by atoms with van der Waals surface area (Å²) < 4.78 is 45.9. The van der Waals surface area contributed by atoms with Crippen LogP contribution in [0.2, 0.25) is 0 Å². The van der Waals surface area contributed by atoms with Crippen molar-refractivity contribution >= 4 is 11.2 Å². The fourth-order valence-electron chi connectivity index (χ4n) is 2.96. The Morgan fingerprint density at radius 1 is 1.19 bits per heavy atom. The first-order valence-electron chi connectivity index (χ1n) is 8.28. The maximum absolute atomic E-state index is 13.0. The quantitative estimate of drug-likeness (QED) is 0.707. The zero-order chi connectivity index (χ0) is 19.8. The van der Waals surface area contributed by atoms with Gasteiger partial charge in [0.1, 0.15) is 18.2 Å². The van der Waals surface area contributed by atoms with Crippen molar-refractivity contribution in [3.05, 3.63) is 35.4 Å². The molecule has 0 saturated heterocycles. The highest BCUT2D eigenvalue weighted by Crippen LogP contribution is 2.39. The maximum Gasteiger partial charge on any atom is 0.416 e. The molecule has 1 aromatic carbocycles. The number of nitrogens with zero attached hydrogens (tertiary/aromatic N) is 3. The molecule has 3 rings (SSSR count). The first-order valence-corrected chi connectivity index (χ1v) is 8.28. The molecule has 0 saturated carbocycles. The molecule has 9 heteroatoms. The van der Waals surface area contributed by atoms with Crippen molar-refractivity contribution in [2.24, 2.45) is 0 Å². The number of imidazole rings is 1. The number of aromatic nitrogens is 3. The van der Waals surface area contributed by atoms with E-state index in [2.05, 4.69) is 9.97 Å². The highest BCUT2D eigenvalue weighted by Gasteiger charge is 2.32. The third kappa shape index (κ3) is 3.55. The minimum absolute atomic E-state index is 0.0820. The standard InChI is InChI=1S/C18H18F3N3O3/c1-3-24-12-4-5-14(27-7-6-25)22-16(12)23-17(24)15-10(2)8-11(9-13(15)26)18(19,20)21/h4-5,8-9,25-26H,3,6-7H2,1-2H3. The van der Waals surface area contributed by atoms with E-state index >= 15 is 0 Å². The number of rotatable bonds is 5. The molecule has 2 aromatic heterocycles. The summed E-state index contributed by atoms with van der Waals surface area (Å²) in [5.41, 5.74) is 0.548. The van der Waals surface area contributed by atoms with E-state index in [0.717, 1.165) is 6.07 Å². The molecule has 3 aromatic rings. The minimum Gasteiger partial charge on any atom is -0.507 e. The van der Waals surface area contributed by atoms with Gasteiger partial charge in [-0.2, -0.15) is 18.2 Å². The van der Waals surface area contributed by atoms with Gasteiger partial charge in [0, 0.05) is 12.6 Å². The Bertz CT molecular complexity index is 960. The molecule has 6 nitrogen and oxygen atoms in total. The van der Waals surface area contributed by atoms with Crippen molar-refractivity contribution in [1.29, 1.82) is 0 Å². The summed E-state index contributed by atoms with van der Waals surface area (Å²) >= 11 is 0. The molecular formula is C18H18F3N3O3. The van der Waals surface area contributed by atoms with Gasteiger partial charge in [0.15, 0.2) is 5.65 Å². The summed E-state index contributed by atoms with van der Waals surface area (Å²) in [6.45, 7) is 3.75. The number of aliphatic hydroxyl groups excluding tert-OH is 1. The number of pyridine rings is 1. The lowest BCUT2D eigenvalue weighted by Crippen LogP contribution is -2.06. The third-order valence-electron chi connectivity index (χ3n) is 4.11.